The lowest BCUT2D eigenvalue weighted by Gasteiger charge is -2.35. The Bertz CT molecular complexity index is 727. The van der Waals surface area contributed by atoms with E-state index in [-0.39, 0.29) is 5.92 Å². The van der Waals surface area contributed by atoms with E-state index >= 15 is 0 Å². The van der Waals surface area contributed by atoms with Crippen LogP contribution < -0.4 is 0 Å². The Morgan fingerprint density at radius 3 is 2.70 bits per heavy atom. The van der Waals surface area contributed by atoms with Gasteiger partial charge in [-0.05, 0) is 30.9 Å². The fourth-order valence-corrected chi connectivity index (χ4v) is 4.29. The molecule has 6 heteroatoms. The van der Waals surface area contributed by atoms with Crippen LogP contribution in [0.3, 0.4) is 0 Å². The maximum Gasteiger partial charge on any atom is 0.226 e. The molecule has 2 saturated heterocycles. The fourth-order valence-electron chi connectivity index (χ4n) is 4.29. The predicted octanol–water partition coefficient (Wildman–Crippen LogP) is 2.31. The number of carbonyl (C=O) groups excluding carboxylic acids is 1. The standard InChI is InChI=1S/C21H30N4O2/c1-16(15-24-10-12-27-13-11-24)21(26)25-8-6-17(7-9-25)14-20-22-18-4-2-3-5-19(18)23-20/h2-5,16-17H,6-15H2,1H3,(H,22,23). The van der Waals surface area contributed by atoms with Gasteiger partial charge in [-0.1, -0.05) is 19.1 Å². The number of rotatable bonds is 5. The number of nitrogens with one attached hydrogen (secondary N) is 1. The van der Waals surface area contributed by atoms with Gasteiger partial charge in [-0.25, -0.2) is 4.98 Å². The number of H-pyrrole nitrogens is 1. The Hall–Kier alpha value is -1.92. The molecule has 1 N–H and O–H groups in total. The first-order valence-electron chi connectivity index (χ1n) is 10.2. The fraction of sp³-hybridized carbons (Fsp3) is 0.619. The number of piperidine rings is 1. The molecular weight excluding hydrogens is 340 g/mol. The number of imidazole rings is 1. The van der Waals surface area contributed by atoms with Gasteiger partial charge in [0.25, 0.3) is 0 Å². The van der Waals surface area contributed by atoms with E-state index < -0.39 is 0 Å². The molecule has 2 fully saturated rings. The lowest BCUT2D eigenvalue weighted by molar-refractivity contribution is -0.137. The summed E-state index contributed by atoms with van der Waals surface area (Å²) in [6.45, 7) is 8.12. The van der Waals surface area contributed by atoms with Crippen molar-refractivity contribution in [1.29, 1.82) is 0 Å². The third kappa shape index (κ3) is 4.50. The number of morpholine rings is 1. The minimum atomic E-state index is 0.0648. The van der Waals surface area contributed by atoms with Gasteiger partial charge < -0.3 is 14.6 Å². The molecule has 0 bridgehead atoms. The quantitative estimate of drug-likeness (QED) is 0.877. The molecule has 0 saturated carbocycles. The van der Waals surface area contributed by atoms with Gasteiger partial charge in [0.05, 0.1) is 24.2 Å². The zero-order chi connectivity index (χ0) is 18.6. The number of ether oxygens (including phenoxy) is 1. The van der Waals surface area contributed by atoms with E-state index in [4.69, 9.17) is 9.72 Å². The molecule has 3 heterocycles. The number of nitrogens with zero attached hydrogens (tertiary/aromatic N) is 3. The molecule has 1 aromatic carbocycles. The molecule has 1 atom stereocenters. The van der Waals surface area contributed by atoms with E-state index in [1.807, 2.05) is 18.2 Å². The Labute approximate surface area is 160 Å². The average molecular weight is 370 g/mol. The van der Waals surface area contributed by atoms with Gasteiger partial charge in [0.1, 0.15) is 5.82 Å². The SMILES string of the molecule is CC(CN1CCOCC1)C(=O)N1CCC(Cc2nc3ccccc3[nH]2)CC1. The van der Waals surface area contributed by atoms with Crippen LogP contribution in [-0.2, 0) is 16.0 Å². The number of hydrogen-bond acceptors (Lipinski definition) is 4. The molecule has 2 aliphatic rings. The van der Waals surface area contributed by atoms with Gasteiger partial charge >= 0.3 is 0 Å². The van der Waals surface area contributed by atoms with Crippen molar-refractivity contribution in [3.63, 3.8) is 0 Å². The van der Waals surface area contributed by atoms with E-state index in [2.05, 4.69) is 27.8 Å². The summed E-state index contributed by atoms with van der Waals surface area (Å²) in [6.07, 6.45) is 3.10. The van der Waals surface area contributed by atoms with Crippen molar-refractivity contribution >= 4 is 16.9 Å². The summed E-state index contributed by atoms with van der Waals surface area (Å²) in [5.41, 5.74) is 2.15. The summed E-state index contributed by atoms with van der Waals surface area (Å²) < 4.78 is 5.39. The van der Waals surface area contributed by atoms with Crippen LogP contribution in [0.15, 0.2) is 24.3 Å². The first-order valence-corrected chi connectivity index (χ1v) is 10.2. The summed E-state index contributed by atoms with van der Waals surface area (Å²) in [4.78, 5) is 25.4. The van der Waals surface area contributed by atoms with E-state index in [1.165, 1.54) is 0 Å². The third-order valence-corrected chi connectivity index (χ3v) is 5.90. The van der Waals surface area contributed by atoms with E-state index in [0.29, 0.717) is 11.8 Å². The molecule has 1 unspecified atom stereocenters. The molecule has 4 rings (SSSR count). The van der Waals surface area contributed by atoms with Crippen LogP contribution in [0.5, 0.6) is 0 Å². The summed E-state index contributed by atoms with van der Waals surface area (Å²) in [5.74, 6) is 2.05. The van der Waals surface area contributed by atoms with Crippen molar-refractivity contribution in [2.24, 2.45) is 11.8 Å². The first kappa shape index (κ1) is 18.4. The van der Waals surface area contributed by atoms with Crippen LogP contribution in [0.2, 0.25) is 0 Å². The Balaban J connectivity index is 1.25. The van der Waals surface area contributed by atoms with E-state index in [1.54, 1.807) is 0 Å². The number of para-hydroxylation sites is 2. The van der Waals surface area contributed by atoms with Crippen molar-refractivity contribution in [2.75, 3.05) is 45.9 Å². The van der Waals surface area contributed by atoms with Crippen molar-refractivity contribution in [1.82, 2.24) is 19.8 Å². The highest BCUT2D eigenvalue weighted by molar-refractivity contribution is 5.78. The molecule has 6 nitrogen and oxygen atoms in total. The Kier molecular flexibility index (Phi) is 5.74. The summed E-state index contributed by atoms with van der Waals surface area (Å²) in [6, 6.07) is 8.18. The molecule has 1 aromatic heterocycles. The number of aromatic nitrogens is 2. The van der Waals surface area contributed by atoms with Crippen molar-refractivity contribution in [2.45, 2.75) is 26.2 Å². The zero-order valence-electron chi connectivity index (χ0n) is 16.2. The van der Waals surface area contributed by atoms with Gasteiger partial charge in [-0.2, -0.15) is 0 Å². The molecule has 0 spiro atoms. The number of aromatic amines is 1. The third-order valence-electron chi connectivity index (χ3n) is 5.90. The smallest absolute Gasteiger partial charge is 0.226 e. The molecule has 0 aliphatic carbocycles. The van der Waals surface area contributed by atoms with Crippen LogP contribution >= 0.6 is 0 Å². The number of amides is 1. The largest absolute Gasteiger partial charge is 0.379 e. The monoisotopic (exact) mass is 370 g/mol. The first-order chi connectivity index (χ1) is 13.2. The zero-order valence-corrected chi connectivity index (χ0v) is 16.2. The molecule has 0 radical (unpaired) electrons. The maximum atomic E-state index is 12.8. The Morgan fingerprint density at radius 1 is 1.22 bits per heavy atom. The molecule has 1 amide bonds. The second-order valence-corrected chi connectivity index (χ2v) is 7.99. The van der Waals surface area contributed by atoms with Crippen LogP contribution in [0, 0.1) is 11.8 Å². The van der Waals surface area contributed by atoms with Crippen LogP contribution in [-0.4, -0.2) is 71.6 Å². The Morgan fingerprint density at radius 2 is 1.96 bits per heavy atom. The number of likely N-dealkylation sites (tertiary alicyclic amines) is 1. The highest BCUT2D eigenvalue weighted by Gasteiger charge is 2.28. The number of fused-ring (bicyclic) bond motifs is 1. The van der Waals surface area contributed by atoms with Crippen molar-refractivity contribution < 1.29 is 9.53 Å². The van der Waals surface area contributed by atoms with Crippen LogP contribution in [0.4, 0.5) is 0 Å². The highest BCUT2D eigenvalue weighted by atomic mass is 16.5. The van der Waals surface area contributed by atoms with E-state index in [9.17, 15) is 4.79 Å². The number of carbonyl (C=O) groups is 1. The van der Waals surface area contributed by atoms with Crippen molar-refractivity contribution in [3.8, 4) is 0 Å². The lowest BCUT2D eigenvalue weighted by Crippen LogP contribution is -2.46. The van der Waals surface area contributed by atoms with Crippen molar-refractivity contribution in [3.05, 3.63) is 30.1 Å². The summed E-state index contributed by atoms with van der Waals surface area (Å²) >= 11 is 0. The van der Waals surface area contributed by atoms with Crippen LogP contribution in [0.25, 0.3) is 11.0 Å². The topological polar surface area (TPSA) is 61.5 Å². The number of hydrogen-bond donors (Lipinski definition) is 1. The molecule has 2 aliphatic heterocycles. The minimum Gasteiger partial charge on any atom is -0.379 e. The van der Waals surface area contributed by atoms with Gasteiger partial charge in [0, 0.05) is 45.1 Å². The second-order valence-electron chi connectivity index (χ2n) is 7.99. The van der Waals surface area contributed by atoms with Gasteiger partial charge in [-0.3, -0.25) is 9.69 Å². The van der Waals surface area contributed by atoms with Gasteiger partial charge in [0.2, 0.25) is 5.91 Å². The minimum absolute atomic E-state index is 0.0648. The number of benzene rings is 1. The average Bonchev–Trinajstić information content (AvgIpc) is 3.11. The highest BCUT2D eigenvalue weighted by Crippen LogP contribution is 2.23. The normalized spacial score (nSPS) is 20.9. The molecule has 2 aromatic rings. The van der Waals surface area contributed by atoms with Gasteiger partial charge in [0.15, 0.2) is 0 Å². The van der Waals surface area contributed by atoms with E-state index in [0.717, 1.165) is 82.1 Å². The maximum absolute atomic E-state index is 12.8. The predicted molar refractivity (Wildman–Crippen MR) is 106 cm³/mol. The second kappa shape index (κ2) is 8.40. The van der Waals surface area contributed by atoms with Gasteiger partial charge in [-0.15, -0.1) is 0 Å². The molecule has 27 heavy (non-hydrogen) atoms. The molecular formula is C21H30N4O2. The lowest BCUT2D eigenvalue weighted by atomic mass is 9.92. The summed E-state index contributed by atoms with van der Waals surface area (Å²) in [5, 5.41) is 0. The summed E-state index contributed by atoms with van der Waals surface area (Å²) in [7, 11) is 0. The molecule has 146 valence electrons. The van der Waals surface area contributed by atoms with Crippen LogP contribution in [0.1, 0.15) is 25.6 Å².